The molecule has 0 N–H and O–H groups in total. The molecule has 5 rings (SSSR count). The molecule has 0 amide bonds. The Morgan fingerprint density at radius 1 is 0.500 bits per heavy atom. The smallest absolute Gasteiger partial charge is 0.337 e. The fraction of sp³-hybridized carbons (Fsp3) is 0.0667. The minimum absolute atomic E-state index is 0.386. The molecule has 5 aromatic carbocycles. The van der Waals surface area contributed by atoms with Gasteiger partial charge in [-0.15, -0.1) is 0 Å². The van der Waals surface area contributed by atoms with E-state index in [-0.39, 0.29) is 11.9 Å². The summed E-state index contributed by atoms with van der Waals surface area (Å²) in [6, 6.07) is 31.4. The second-order valence-corrected chi connectivity index (χ2v) is 7.99. The Labute approximate surface area is 197 Å². The molecule has 0 aliphatic carbocycles. The van der Waals surface area contributed by atoms with E-state index in [1.54, 1.807) is 12.1 Å². The molecule has 0 unspecified atom stereocenters. The third-order valence-corrected chi connectivity index (χ3v) is 6.09. The quantitative estimate of drug-likeness (QED) is 0.223. The van der Waals surface area contributed by atoms with Crippen LogP contribution in [0.2, 0.25) is 0 Å². The molecule has 0 saturated heterocycles. The summed E-state index contributed by atoms with van der Waals surface area (Å²) in [5, 5.41) is 3.84. The predicted molar refractivity (Wildman–Crippen MR) is 135 cm³/mol. The van der Waals surface area contributed by atoms with Gasteiger partial charge < -0.3 is 9.47 Å². The second-order valence-electron chi connectivity index (χ2n) is 7.99. The van der Waals surface area contributed by atoms with E-state index < -0.39 is 0 Å². The van der Waals surface area contributed by atoms with Gasteiger partial charge in [0.25, 0.3) is 0 Å². The van der Waals surface area contributed by atoms with Crippen molar-refractivity contribution < 1.29 is 19.1 Å². The number of carbonyl (C=O) groups is 2. The van der Waals surface area contributed by atoms with Crippen LogP contribution in [0.4, 0.5) is 0 Å². The fourth-order valence-electron chi connectivity index (χ4n) is 4.54. The lowest BCUT2D eigenvalue weighted by atomic mass is 9.84. The topological polar surface area (TPSA) is 52.6 Å². The Bertz CT molecular complexity index is 1420. The van der Waals surface area contributed by atoms with E-state index in [1.807, 2.05) is 60.7 Å². The molecule has 4 heteroatoms. The highest BCUT2D eigenvalue weighted by Gasteiger charge is 2.20. The maximum absolute atomic E-state index is 12.4. The summed E-state index contributed by atoms with van der Waals surface area (Å²) < 4.78 is 9.99. The van der Waals surface area contributed by atoms with Crippen LogP contribution in [0.5, 0.6) is 0 Å². The minimum Gasteiger partial charge on any atom is -0.465 e. The first kappa shape index (κ1) is 21.4. The lowest BCUT2D eigenvalue weighted by Gasteiger charge is -2.19. The van der Waals surface area contributed by atoms with Crippen molar-refractivity contribution in [1.82, 2.24) is 0 Å². The van der Waals surface area contributed by atoms with Crippen molar-refractivity contribution in [2.24, 2.45) is 0 Å². The Kier molecular flexibility index (Phi) is 5.56. The van der Waals surface area contributed by atoms with Gasteiger partial charge in [0, 0.05) is 0 Å². The molecule has 0 aliphatic rings. The normalized spacial score (nSPS) is 10.9. The third-order valence-electron chi connectivity index (χ3n) is 6.09. The summed E-state index contributed by atoms with van der Waals surface area (Å²) >= 11 is 0. The molecule has 0 heterocycles. The van der Waals surface area contributed by atoms with E-state index in [4.69, 9.17) is 9.47 Å². The van der Waals surface area contributed by atoms with Crippen LogP contribution in [-0.4, -0.2) is 26.2 Å². The highest BCUT2D eigenvalue weighted by molar-refractivity contribution is 6.23. The van der Waals surface area contributed by atoms with Crippen molar-refractivity contribution in [3.8, 4) is 22.3 Å². The van der Waals surface area contributed by atoms with Crippen LogP contribution in [0.15, 0.2) is 97.1 Å². The van der Waals surface area contributed by atoms with Gasteiger partial charge in [-0.1, -0.05) is 72.8 Å². The first-order chi connectivity index (χ1) is 16.6. The van der Waals surface area contributed by atoms with E-state index >= 15 is 0 Å². The van der Waals surface area contributed by atoms with E-state index in [0.29, 0.717) is 11.1 Å². The maximum Gasteiger partial charge on any atom is 0.337 e. The van der Waals surface area contributed by atoms with Gasteiger partial charge in [-0.2, -0.15) is 0 Å². The molecular weight excluding hydrogens is 424 g/mol. The van der Waals surface area contributed by atoms with Crippen LogP contribution < -0.4 is 0 Å². The number of methoxy groups -OCH3 is 2. The SMILES string of the molecule is COC(=O)c1ccc2c(c1)c(-c1ccccc1)c(-c1ccccc1)c1cc(C(=O)OC)ccc12. The molecule has 34 heavy (non-hydrogen) atoms. The van der Waals surface area contributed by atoms with Gasteiger partial charge in [-0.25, -0.2) is 9.59 Å². The Hall–Kier alpha value is -4.44. The zero-order valence-electron chi connectivity index (χ0n) is 18.9. The molecule has 0 saturated carbocycles. The second kappa shape index (κ2) is 8.83. The van der Waals surface area contributed by atoms with Crippen LogP contribution in [0, 0.1) is 0 Å². The van der Waals surface area contributed by atoms with Gasteiger partial charge >= 0.3 is 11.9 Å². The summed E-state index contributed by atoms with van der Waals surface area (Å²) in [5.41, 5.74) is 4.97. The third kappa shape index (κ3) is 3.59. The van der Waals surface area contributed by atoms with Crippen LogP contribution >= 0.6 is 0 Å². The molecule has 5 aromatic rings. The molecule has 0 aromatic heterocycles. The lowest BCUT2D eigenvalue weighted by Crippen LogP contribution is -2.03. The average Bonchev–Trinajstić information content (AvgIpc) is 2.91. The number of rotatable bonds is 4. The number of fused-ring (bicyclic) bond motifs is 3. The minimum atomic E-state index is -0.386. The van der Waals surface area contributed by atoms with E-state index in [0.717, 1.165) is 43.8 Å². The van der Waals surface area contributed by atoms with Gasteiger partial charge in [0.15, 0.2) is 0 Å². The summed E-state index contributed by atoms with van der Waals surface area (Å²) in [7, 11) is 2.77. The Balaban J connectivity index is 2.02. The number of benzene rings is 5. The van der Waals surface area contributed by atoms with Gasteiger partial charge in [-0.3, -0.25) is 0 Å². The van der Waals surface area contributed by atoms with Crippen LogP contribution in [0.1, 0.15) is 20.7 Å². The number of esters is 2. The zero-order chi connectivity index (χ0) is 23.7. The number of hydrogen-bond donors (Lipinski definition) is 0. The zero-order valence-corrected chi connectivity index (χ0v) is 18.9. The standard InChI is InChI=1S/C30H22O4/c1-33-29(31)21-13-15-23-24-16-14-22(30(32)34-2)18-26(24)28(20-11-7-4-8-12-20)27(25(23)17-21)19-9-5-3-6-10-19/h3-18H,1-2H3. The largest absolute Gasteiger partial charge is 0.465 e. The summed E-state index contributed by atoms with van der Waals surface area (Å²) in [6.07, 6.45) is 0. The van der Waals surface area contributed by atoms with Crippen molar-refractivity contribution in [2.75, 3.05) is 14.2 Å². The highest BCUT2D eigenvalue weighted by atomic mass is 16.5. The first-order valence-electron chi connectivity index (χ1n) is 10.9. The van der Waals surface area contributed by atoms with E-state index in [9.17, 15) is 9.59 Å². The summed E-state index contributed by atoms with van der Waals surface area (Å²) in [6.45, 7) is 0. The average molecular weight is 447 g/mol. The highest BCUT2D eigenvalue weighted by Crippen LogP contribution is 2.45. The fourth-order valence-corrected chi connectivity index (χ4v) is 4.54. The molecule has 0 fully saturated rings. The number of hydrogen-bond acceptors (Lipinski definition) is 4. The molecular formula is C30H22O4. The maximum atomic E-state index is 12.4. The van der Waals surface area contributed by atoms with Gasteiger partial charge in [0.1, 0.15) is 0 Å². The predicted octanol–water partition coefficient (Wildman–Crippen LogP) is 6.90. The monoisotopic (exact) mass is 446 g/mol. The van der Waals surface area contributed by atoms with E-state index in [1.165, 1.54) is 14.2 Å². The van der Waals surface area contributed by atoms with Crippen LogP contribution in [-0.2, 0) is 9.47 Å². The molecule has 0 radical (unpaired) electrons. The molecule has 0 spiro atoms. The summed E-state index contributed by atoms with van der Waals surface area (Å²) in [5.74, 6) is -0.772. The number of carbonyl (C=O) groups excluding carboxylic acids is 2. The van der Waals surface area contributed by atoms with E-state index in [2.05, 4.69) is 24.3 Å². The number of ether oxygens (including phenoxy) is 2. The summed E-state index contributed by atoms with van der Waals surface area (Å²) in [4.78, 5) is 24.8. The molecule has 0 atom stereocenters. The van der Waals surface area contributed by atoms with Crippen LogP contribution in [0.3, 0.4) is 0 Å². The van der Waals surface area contributed by atoms with Crippen molar-refractivity contribution in [3.63, 3.8) is 0 Å². The molecule has 0 bridgehead atoms. The van der Waals surface area contributed by atoms with Crippen molar-refractivity contribution in [1.29, 1.82) is 0 Å². The lowest BCUT2D eigenvalue weighted by molar-refractivity contribution is 0.0592. The Morgan fingerprint density at radius 3 is 1.24 bits per heavy atom. The Morgan fingerprint density at radius 2 is 0.882 bits per heavy atom. The van der Waals surface area contributed by atoms with Crippen molar-refractivity contribution in [3.05, 3.63) is 108 Å². The van der Waals surface area contributed by atoms with Gasteiger partial charge in [-0.05, 0) is 68.1 Å². The molecule has 166 valence electrons. The molecule has 4 nitrogen and oxygen atoms in total. The van der Waals surface area contributed by atoms with Gasteiger partial charge in [0.05, 0.1) is 25.3 Å². The first-order valence-corrected chi connectivity index (χ1v) is 10.9. The molecule has 0 aliphatic heterocycles. The van der Waals surface area contributed by atoms with Crippen molar-refractivity contribution in [2.45, 2.75) is 0 Å². The van der Waals surface area contributed by atoms with Crippen molar-refractivity contribution >= 4 is 33.5 Å². The van der Waals surface area contributed by atoms with Crippen LogP contribution in [0.25, 0.3) is 43.8 Å². The van der Waals surface area contributed by atoms with Gasteiger partial charge in [0.2, 0.25) is 0 Å².